The summed E-state index contributed by atoms with van der Waals surface area (Å²) in [7, 11) is 0. The molecule has 0 aliphatic carbocycles. The number of nitrogens with one attached hydrogen (secondary N) is 3. The molecule has 25 heavy (non-hydrogen) atoms. The minimum atomic E-state index is -0.866. The van der Waals surface area contributed by atoms with E-state index >= 15 is 0 Å². The van der Waals surface area contributed by atoms with E-state index in [2.05, 4.69) is 21.2 Å². The number of hydrazone groups is 1. The van der Waals surface area contributed by atoms with E-state index < -0.39 is 11.8 Å². The fourth-order valence-corrected chi connectivity index (χ4v) is 1.95. The lowest BCUT2D eigenvalue weighted by Gasteiger charge is -2.06. The number of carbonyl (C=O) groups is 3. The first-order valence-corrected chi connectivity index (χ1v) is 7.59. The SMILES string of the molecule is CC(=O)Nc1ccc(NC(=O)C(=O)N/N=C/Cc2ccccc2)cc1. The molecule has 2 aromatic rings. The van der Waals surface area contributed by atoms with Gasteiger partial charge in [0.2, 0.25) is 5.91 Å². The van der Waals surface area contributed by atoms with Crippen molar-refractivity contribution in [1.29, 1.82) is 0 Å². The Kier molecular flexibility index (Phi) is 6.41. The molecular formula is C18H18N4O3. The van der Waals surface area contributed by atoms with Gasteiger partial charge in [0.25, 0.3) is 0 Å². The molecule has 0 aliphatic heterocycles. The minimum Gasteiger partial charge on any atom is -0.326 e. The monoisotopic (exact) mass is 338 g/mol. The van der Waals surface area contributed by atoms with Gasteiger partial charge < -0.3 is 10.6 Å². The molecule has 0 atom stereocenters. The Balaban J connectivity index is 1.79. The van der Waals surface area contributed by atoms with Crippen LogP contribution in [0.4, 0.5) is 11.4 Å². The Bertz CT molecular complexity index is 771. The maximum absolute atomic E-state index is 11.8. The first-order chi connectivity index (χ1) is 12.0. The summed E-state index contributed by atoms with van der Waals surface area (Å²) in [5.41, 5.74) is 4.25. The van der Waals surface area contributed by atoms with Crippen molar-refractivity contribution in [2.24, 2.45) is 5.10 Å². The summed E-state index contributed by atoms with van der Waals surface area (Å²) >= 11 is 0. The Labute approximate surface area is 145 Å². The average molecular weight is 338 g/mol. The molecule has 0 saturated heterocycles. The number of carbonyl (C=O) groups excluding carboxylic acids is 3. The summed E-state index contributed by atoms with van der Waals surface area (Å²) in [6.45, 7) is 1.40. The molecule has 0 aromatic heterocycles. The number of amides is 3. The zero-order chi connectivity index (χ0) is 18.1. The van der Waals surface area contributed by atoms with E-state index in [-0.39, 0.29) is 5.91 Å². The maximum atomic E-state index is 11.8. The number of hydrogen-bond acceptors (Lipinski definition) is 4. The molecule has 128 valence electrons. The van der Waals surface area contributed by atoms with E-state index in [4.69, 9.17) is 0 Å². The van der Waals surface area contributed by atoms with E-state index in [1.54, 1.807) is 24.3 Å². The van der Waals surface area contributed by atoms with Gasteiger partial charge in [-0.15, -0.1) is 0 Å². The number of nitrogens with zero attached hydrogens (tertiary/aromatic N) is 1. The van der Waals surface area contributed by atoms with Crippen molar-refractivity contribution in [3.8, 4) is 0 Å². The predicted molar refractivity (Wildman–Crippen MR) is 96.2 cm³/mol. The molecule has 0 aliphatic rings. The molecule has 0 fully saturated rings. The summed E-state index contributed by atoms with van der Waals surface area (Å²) < 4.78 is 0. The van der Waals surface area contributed by atoms with Crippen LogP contribution in [0.15, 0.2) is 59.7 Å². The van der Waals surface area contributed by atoms with Crippen LogP contribution in [0.25, 0.3) is 0 Å². The van der Waals surface area contributed by atoms with Gasteiger partial charge in [0.05, 0.1) is 0 Å². The lowest BCUT2D eigenvalue weighted by Crippen LogP contribution is -2.32. The minimum absolute atomic E-state index is 0.190. The summed E-state index contributed by atoms with van der Waals surface area (Å²) in [6, 6.07) is 16.0. The van der Waals surface area contributed by atoms with Crippen LogP contribution < -0.4 is 16.1 Å². The van der Waals surface area contributed by atoms with Gasteiger partial charge in [-0.25, -0.2) is 5.43 Å². The fraction of sp³-hybridized carbons (Fsp3) is 0.111. The highest BCUT2D eigenvalue weighted by atomic mass is 16.2. The Morgan fingerprint density at radius 1 is 0.880 bits per heavy atom. The van der Waals surface area contributed by atoms with Gasteiger partial charge in [-0.1, -0.05) is 30.3 Å². The lowest BCUT2D eigenvalue weighted by molar-refractivity contribution is -0.136. The van der Waals surface area contributed by atoms with E-state index in [0.29, 0.717) is 17.8 Å². The van der Waals surface area contributed by atoms with Gasteiger partial charge in [-0.3, -0.25) is 14.4 Å². The zero-order valence-corrected chi connectivity index (χ0v) is 13.7. The number of anilines is 2. The van der Waals surface area contributed by atoms with Crippen molar-refractivity contribution in [3.63, 3.8) is 0 Å². The van der Waals surface area contributed by atoms with Crippen molar-refractivity contribution < 1.29 is 14.4 Å². The molecule has 7 heteroatoms. The third-order valence-electron chi connectivity index (χ3n) is 3.10. The van der Waals surface area contributed by atoms with Gasteiger partial charge >= 0.3 is 11.8 Å². The zero-order valence-electron chi connectivity index (χ0n) is 13.7. The molecule has 3 N–H and O–H groups in total. The molecule has 0 spiro atoms. The molecule has 7 nitrogen and oxygen atoms in total. The normalized spacial score (nSPS) is 10.3. The van der Waals surface area contributed by atoms with Crippen LogP contribution >= 0.6 is 0 Å². The molecule has 0 unspecified atom stereocenters. The molecule has 0 heterocycles. The van der Waals surface area contributed by atoms with Crippen LogP contribution in [0.1, 0.15) is 12.5 Å². The largest absolute Gasteiger partial charge is 0.329 e. The molecule has 0 saturated carbocycles. The Morgan fingerprint density at radius 2 is 1.48 bits per heavy atom. The molecule has 2 rings (SSSR count). The first-order valence-electron chi connectivity index (χ1n) is 7.59. The number of hydrogen-bond donors (Lipinski definition) is 3. The summed E-state index contributed by atoms with van der Waals surface area (Å²) in [6.07, 6.45) is 2.07. The summed E-state index contributed by atoms with van der Waals surface area (Å²) in [4.78, 5) is 34.4. The Hall–Kier alpha value is -3.48. The van der Waals surface area contributed by atoms with Crippen LogP contribution in [0.2, 0.25) is 0 Å². The topological polar surface area (TPSA) is 99.7 Å². The second-order valence-corrected chi connectivity index (χ2v) is 5.15. The van der Waals surface area contributed by atoms with Gasteiger partial charge in [-0.2, -0.15) is 5.10 Å². The first kappa shape index (κ1) is 17.9. The van der Waals surface area contributed by atoms with Crippen molar-refractivity contribution in [2.45, 2.75) is 13.3 Å². The summed E-state index contributed by atoms with van der Waals surface area (Å²) in [5, 5.41) is 8.79. The van der Waals surface area contributed by atoms with Gasteiger partial charge in [0, 0.05) is 30.9 Å². The second-order valence-electron chi connectivity index (χ2n) is 5.15. The molecule has 0 bridgehead atoms. The average Bonchev–Trinajstić information content (AvgIpc) is 2.60. The van der Waals surface area contributed by atoms with Crippen LogP contribution in [-0.2, 0) is 20.8 Å². The van der Waals surface area contributed by atoms with E-state index in [0.717, 1.165) is 5.56 Å². The summed E-state index contributed by atoms with van der Waals surface area (Å²) in [5.74, 6) is -1.89. The number of rotatable bonds is 5. The third-order valence-corrected chi connectivity index (χ3v) is 3.10. The molecule has 2 aromatic carbocycles. The standard InChI is InChI=1S/C18H18N4O3/c1-13(23)20-15-7-9-16(10-8-15)21-17(24)18(25)22-19-12-11-14-5-3-2-4-6-14/h2-10,12H,11H2,1H3,(H,20,23)(H,21,24)(H,22,25)/b19-12+. The van der Waals surface area contributed by atoms with Crippen molar-refractivity contribution in [2.75, 3.05) is 10.6 Å². The van der Waals surface area contributed by atoms with Crippen molar-refractivity contribution >= 4 is 35.3 Å². The molecule has 3 amide bonds. The van der Waals surface area contributed by atoms with Gasteiger partial charge in [-0.05, 0) is 29.8 Å². The van der Waals surface area contributed by atoms with E-state index in [9.17, 15) is 14.4 Å². The van der Waals surface area contributed by atoms with Crippen LogP contribution in [0.5, 0.6) is 0 Å². The van der Waals surface area contributed by atoms with Crippen molar-refractivity contribution in [3.05, 3.63) is 60.2 Å². The predicted octanol–water partition coefficient (Wildman–Crippen LogP) is 1.93. The third kappa shape index (κ3) is 6.26. The highest BCUT2D eigenvalue weighted by molar-refractivity contribution is 6.39. The van der Waals surface area contributed by atoms with Gasteiger partial charge in [0.1, 0.15) is 0 Å². The van der Waals surface area contributed by atoms with Crippen LogP contribution in [0, 0.1) is 0 Å². The van der Waals surface area contributed by atoms with Crippen LogP contribution in [-0.4, -0.2) is 23.9 Å². The van der Waals surface area contributed by atoms with Gasteiger partial charge in [0.15, 0.2) is 0 Å². The lowest BCUT2D eigenvalue weighted by atomic mass is 10.2. The quantitative estimate of drug-likeness (QED) is 0.441. The molecular weight excluding hydrogens is 320 g/mol. The van der Waals surface area contributed by atoms with Crippen molar-refractivity contribution in [1.82, 2.24) is 5.43 Å². The van der Waals surface area contributed by atoms with E-state index in [1.807, 2.05) is 30.3 Å². The highest BCUT2D eigenvalue weighted by Crippen LogP contribution is 2.13. The second kappa shape index (κ2) is 8.97. The smallest absolute Gasteiger partial charge is 0.326 e. The van der Waals surface area contributed by atoms with Crippen LogP contribution in [0.3, 0.4) is 0 Å². The maximum Gasteiger partial charge on any atom is 0.329 e. The molecule has 0 radical (unpaired) electrons. The number of benzene rings is 2. The Morgan fingerprint density at radius 3 is 2.08 bits per heavy atom. The fourth-order valence-electron chi connectivity index (χ4n) is 1.95. The van der Waals surface area contributed by atoms with E-state index in [1.165, 1.54) is 13.1 Å². The highest BCUT2D eigenvalue weighted by Gasteiger charge is 2.12.